The molecule has 43 heavy (non-hydrogen) atoms. The van der Waals surface area contributed by atoms with Crippen molar-refractivity contribution in [3.63, 3.8) is 0 Å². The van der Waals surface area contributed by atoms with Gasteiger partial charge in [-0.2, -0.15) is 0 Å². The predicted molar refractivity (Wildman–Crippen MR) is 174 cm³/mol. The van der Waals surface area contributed by atoms with Crippen molar-refractivity contribution in [1.82, 2.24) is 20.2 Å². The average Bonchev–Trinajstić information content (AvgIpc) is 3.41. The van der Waals surface area contributed by atoms with E-state index in [9.17, 15) is 4.79 Å². The number of alkyl carbamates (subject to hydrolysis) is 1. The Balaban J connectivity index is 1.12. The van der Waals surface area contributed by atoms with E-state index in [-0.39, 0.29) is 6.09 Å². The molecule has 0 saturated carbocycles. The third-order valence-electron chi connectivity index (χ3n) is 7.20. The van der Waals surface area contributed by atoms with Crippen LogP contribution in [0, 0.1) is 0 Å². The first kappa shape index (κ1) is 30.1. The van der Waals surface area contributed by atoms with Crippen LogP contribution in [0.2, 0.25) is 0 Å². The minimum absolute atomic E-state index is 0.388. The van der Waals surface area contributed by atoms with E-state index in [1.54, 1.807) is 0 Å². The van der Waals surface area contributed by atoms with Gasteiger partial charge in [-0.05, 0) is 101 Å². The molecule has 0 spiro atoms. The Morgan fingerprint density at radius 1 is 1.02 bits per heavy atom. The number of H-pyrrole nitrogens is 1. The van der Waals surface area contributed by atoms with Crippen LogP contribution >= 0.6 is 0 Å². The van der Waals surface area contributed by atoms with Crippen LogP contribution in [0.15, 0.2) is 71.7 Å². The molecule has 1 amide bonds. The molecule has 0 unspecified atom stereocenters. The fourth-order valence-electron chi connectivity index (χ4n) is 4.85. The molecule has 1 aromatic heterocycles. The predicted octanol–water partition coefficient (Wildman–Crippen LogP) is 6.42. The van der Waals surface area contributed by atoms with Gasteiger partial charge < -0.3 is 29.6 Å². The lowest BCUT2D eigenvalue weighted by Crippen LogP contribution is -2.44. The highest BCUT2D eigenvalue weighted by atomic mass is 16.6. The summed E-state index contributed by atoms with van der Waals surface area (Å²) in [4.78, 5) is 29.5. The normalized spacial score (nSPS) is 14.4. The zero-order valence-electron chi connectivity index (χ0n) is 25.6. The maximum absolute atomic E-state index is 11.7. The van der Waals surface area contributed by atoms with Crippen LogP contribution < -0.4 is 15.0 Å². The van der Waals surface area contributed by atoms with Gasteiger partial charge in [0.05, 0.1) is 23.3 Å². The molecular weight excluding hydrogens is 540 g/mol. The average molecular weight is 583 g/mol. The summed E-state index contributed by atoms with van der Waals surface area (Å²) in [5, 5.41) is 2.77. The summed E-state index contributed by atoms with van der Waals surface area (Å²) in [5.41, 5.74) is 5.53. The Bertz CT molecular complexity index is 1530. The van der Waals surface area contributed by atoms with E-state index < -0.39 is 5.60 Å². The molecule has 0 aliphatic carbocycles. The number of aromatic nitrogens is 2. The number of amides is 1. The van der Waals surface area contributed by atoms with Crippen LogP contribution in [0.4, 0.5) is 16.2 Å². The van der Waals surface area contributed by atoms with Crippen molar-refractivity contribution >= 4 is 34.7 Å². The fraction of sp³-hybridized carbons (Fsp3) is 0.382. The Morgan fingerprint density at radius 2 is 1.81 bits per heavy atom. The number of carbonyl (C=O) groups is 1. The standard InChI is InChI=1S/C34H42N6O3/c1-34(2,3)43-33(41)35-16-5-6-21-42-29-13-11-26(12-14-29)32-37-30-15-10-25(22-31(30)38-32)24-36-27-8-7-9-28(23-27)40-19-17-39(4)18-20-40/h7-15,22-24H,5-6,16-21H2,1-4H3,(H,35,41)(H,37,38)/b36-24+. The Labute approximate surface area is 253 Å². The van der Waals surface area contributed by atoms with Gasteiger partial charge in [-0.1, -0.05) is 12.1 Å². The molecule has 226 valence electrons. The molecule has 0 radical (unpaired) electrons. The number of nitrogens with zero attached hydrogens (tertiary/aromatic N) is 4. The van der Waals surface area contributed by atoms with Gasteiger partial charge >= 0.3 is 6.09 Å². The molecular formula is C34H42N6O3. The summed E-state index contributed by atoms with van der Waals surface area (Å²) >= 11 is 0. The third kappa shape index (κ3) is 8.81. The number of hydrogen-bond donors (Lipinski definition) is 2. The molecule has 2 heterocycles. The second-order valence-electron chi connectivity index (χ2n) is 11.9. The van der Waals surface area contributed by atoms with Gasteiger partial charge in [-0.25, -0.2) is 9.78 Å². The van der Waals surface area contributed by atoms with Gasteiger partial charge in [0.2, 0.25) is 0 Å². The Kier molecular flexibility index (Phi) is 9.61. The second-order valence-corrected chi connectivity index (χ2v) is 11.9. The largest absolute Gasteiger partial charge is 0.494 e. The van der Waals surface area contributed by atoms with E-state index in [1.165, 1.54) is 5.69 Å². The molecule has 0 atom stereocenters. The maximum atomic E-state index is 11.7. The van der Waals surface area contributed by atoms with E-state index in [4.69, 9.17) is 19.5 Å². The minimum Gasteiger partial charge on any atom is -0.494 e. The number of rotatable bonds is 10. The third-order valence-corrected chi connectivity index (χ3v) is 7.20. The zero-order valence-corrected chi connectivity index (χ0v) is 25.6. The molecule has 4 aromatic rings. The number of nitrogens with one attached hydrogen (secondary N) is 2. The SMILES string of the molecule is CN1CCN(c2cccc(/N=C/c3ccc4[nH]c(-c5ccc(OCCCCNC(=O)OC(C)(C)C)cc5)nc4c3)c2)CC1. The molecule has 0 bridgehead atoms. The van der Waals surface area contributed by atoms with E-state index in [0.717, 1.165) is 78.4 Å². The highest BCUT2D eigenvalue weighted by molar-refractivity contribution is 5.89. The molecule has 1 aliphatic heterocycles. The lowest BCUT2D eigenvalue weighted by molar-refractivity contribution is 0.0526. The van der Waals surface area contributed by atoms with Crippen LogP contribution in [0.25, 0.3) is 22.4 Å². The number of aromatic amines is 1. The Morgan fingerprint density at radius 3 is 2.58 bits per heavy atom. The summed E-state index contributed by atoms with van der Waals surface area (Å²) in [6, 6.07) is 22.5. The number of unbranched alkanes of at least 4 members (excludes halogenated alkanes) is 1. The van der Waals surface area contributed by atoms with Gasteiger partial charge in [0, 0.05) is 50.2 Å². The van der Waals surface area contributed by atoms with Crippen molar-refractivity contribution in [1.29, 1.82) is 0 Å². The highest BCUT2D eigenvalue weighted by Crippen LogP contribution is 2.25. The van der Waals surface area contributed by atoms with E-state index >= 15 is 0 Å². The molecule has 1 aliphatic rings. The summed E-state index contributed by atoms with van der Waals surface area (Å²) in [6.45, 7) is 10.9. The molecule has 9 heteroatoms. The lowest BCUT2D eigenvalue weighted by atomic mass is 10.2. The summed E-state index contributed by atoms with van der Waals surface area (Å²) < 4.78 is 11.1. The number of piperazine rings is 1. The topological polar surface area (TPSA) is 95.1 Å². The van der Waals surface area contributed by atoms with Crippen LogP contribution in [-0.4, -0.2) is 79.2 Å². The lowest BCUT2D eigenvalue weighted by Gasteiger charge is -2.34. The first-order valence-corrected chi connectivity index (χ1v) is 15.0. The van der Waals surface area contributed by atoms with Crippen LogP contribution in [0.1, 0.15) is 39.2 Å². The van der Waals surface area contributed by atoms with Crippen molar-refractivity contribution < 1.29 is 14.3 Å². The molecule has 3 aromatic carbocycles. The smallest absolute Gasteiger partial charge is 0.407 e. The highest BCUT2D eigenvalue weighted by Gasteiger charge is 2.16. The molecule has 9 nitrogen and oxygen atoms in total. The number of anilines is 1. The number of aliphatic imine (C=N–C) groups is 1. The first-order chi connectivity index (χ1) is 20.7. The molecule has 2 N–H and O–H groups in total. The van der Waals surface area contributed by atoms with Crippen molar-refractivity contribution in [2.75, 3.05) is 51.3 Å². The second kappa shape index (κ2) is 13.7. The number of fused-ring (bicyclic) bond motifs is 1. The molecule has 1 saturated heterocycles. The molecule has 1 fully saturated rings. The number of ether oxygens (including phenoxy) is 2. The van der Waals surface area contributed by atoms with Gasteiger partial charge in [0.1, 0.15) is 17.2 Å². The van der Waals surface area contributed by atoms with Crippen molar-refractivity contribution in [2.24, 2.45) is 4.99 Å². The van der Waals surface area contributed by atoms with Crippen molar-refractivity contribution in [3.05, 3.63) is 72.3 Å². The van der Waals surface area contributed by atoms with Crippen LogP contribution in [-0.2, 0) is 4.74 Å². The number of likely N-dealkylation sites (N-methyl/N-ethyl adjacent to an activating group) is 1. The summed E-state index contributed by atoms with van der Waals surface area (Å²) in [6.07, 6.45) is 3.15. The fourth-order valence-corrected chi connectivity index (χ4v) is 4.85. The van der Waals surface area contributed by atoms with E-state index in [0.29, 0.717) is 13.2 Å². The van der Waals surface area contributed by atoms with Gasteiger partial charge in [-0.15, -0.1) is 0 Å². The Hall–Kier alpha value is -4.37. The van der Waals surface area contributed by atoms with Gasteiger partial charge in [0.25, 0.3) is 0 Å². The number of carbonyl (C=O) groups excluding carboxylic acids is 1. The monoisotopic (exact) mass is 582 g/mol. The number of imidazole rings is 1. The summed E-state index contributed by atoms with van der Waals surface area (Å²) in [7, 11) is 2.17. The van der Waals surface area contributed by atoms with E-state index in [2.05, 4.69) is 57.5 Å². The number of benzene rings is 3. The quantitative estimate of drug-likeness (QED) is 0.166. The van der Waals surface area contributed by atoms with Crippen molar-refractivity contribution in [2.45, 2.75) is 39.2 Å². The maximum Gasteiger partial charge on any atom is 0.407 e. The van der Waals surface area contributed by atoms with Crippen LogP contribution in [0.3, 0.4) is 0 Å². The molecule has 5 rings (SSSR count). The zero-order chi connectivity index (χ0) is 30.2. The first-order valence-electron chi connectivity index (χ1n) is 15.0. The summed E-state index contributed by atoms with van der Waals surface area (Å²) in [5.74, 6) is 1.61. The van der Waals surface area contributed by atoms with Gasteiger partial charge in [0.15, 0.2) is 0 Å². The minimum atomic E-state index is -0.488. The van der Waals surface area contributed by atoms with E-state index in [1.807, 2.05) is 63.4 Å². The number of hydrogen-bond acceptors (Lipinski definition) is 7. The van der Waals surface area contributed by atoms with Gasteiger partial charge in [-0.3, -0.25) is 4.99 Å². The van der Waals surface area contributed by atoms with Crippen molar-refractivity contribution in [3.8, 4) is 17.1 Å². The van der Waals surface area contributed by atoms with Crippen LogP contribution in [0.5, 0.6) is 5.75 Å².